The number of nitrogens with one attached hydrogen (secondary N) is 1. The van der Waals surface area contributed by atoms with Crippen LogP contribution in [0.25, 0.3) is 0 Å². The Bertz CT molecular complexity index is 741. The van der Waals surface area contributed by atoms with E-state index in [-0.39, 0.29) is 12.3 Å². The van der Waals surface area contributed by atoms with E-state index in [4.69, 9.17) is 5.11 Å². The van der Waals surface area contributed by atoms with E-state index in [0.29, 0.717) is 13.0 Å². The van der Waals surface area contributed by atoms with E-state index in [2.05, 4.69) is 16.3 Å². The largest absolute Gasteiger partial charge is 0.481 e. The van der Waals surface area contributed by atoms with Gasteiger partial charge in [0.05, 0.1) is 6.54 Å². The number of fused-ring (bicyclic) bond motifs is 1. The molecule has 1 aliphatic rings. The molecule has 0 bridgehead atoms. The van der Waals surface area contributed by atoms with Crippen molar-refractivity contribution in [3.05, 3.63) is 59.7 Å². The highest BCUT2D eigenvalue weighted by Crippen LogP contribution is 2.27. The van der Waals surface area contributed by atoms with Gasteiger partial charge in [-0.3, -0.25) is 9.59 Å². The minimum absolute atomic E-state index is 0.0509. The van der Waals surface area contributed by atoms with E-state index < -0.39 is 5.97 Å². The van der Waals surface area contributed by atoms with Crippen LogP contribution in [0.3, 0.4) is 0 Å². The van der Waals surface area contributed by atoms with Gasteiger partial charge < -0.3 is 15.3 Å². The summed E-state index contributed by atoms with van der Waals surface area (Å²) in [6.45, 7) is 1.19. The fourth-order valence-corrected chi connectivity index (χ4v) is 2.95. The molecule has 124 valence electrons. The van der Waals surface area contributed by atoms with Crippen molar-refractivity contribution >= 4 is 23.3 Å². The molecule has 1 amide bonds. The molecule has 2 N–H and O–H groups in total. The molecule has 3 rings (SSSR count). The van der Waals surface area contributed by atoms with Crippen LogP contribution in [0, 0.1) is 0 Å². The number of carboxylic acids is 1. The van der Waals surface area contributed by atoms with Gasteiger partial charge in [-0.1, -0.05) is 30.3 Å². The third-order valence-corrected chi connectivity index (χ3v) is 4.18. The van der Waals surface area contributed by atoms with Gasteiger partial charge in [-0.25, -0.2) is 0 Å². The van der Waals surface area contributed by atoms with Crippen LogP contribution in [0.4, 0.5) is 11.4 Å². The van der Waals surface area contributed by atoms with Crippen molar-refractivity contribution in [2.24, 2.45) is 0 Å². The number of nitrogens with zero attached hydrogens (tertiary/aromatic N) is 1. The first-order chi connectivity index (χ1) is 11.6. The van der Waals surface area contributed by atoms with Crippen molar-refractivity contribution in [2.45, 2.75) is 19.3 Å². The summed E-state index contributed by atoms with van der Waals surface area (Å²) in [5.74, 6) is -0.858. The van der Waals surface area contributed by atoms with Crippen molar-refractivity contribution in [1.29, 1.82) is 0 Å². The van der Waals surface area contributed by atoms with Crippen LogP contribution in [0.5, 0.6) is 0 Å². The molecular weight excluding hydrogens is 304 g/mol. The molecule has 0 unspecified atom stereocenters. The average molecular weight is 324 g/mol. The fraction of sp³-hybridized carbons (Fsp3) is 0.263. The molecule has 0 saturated carbocycles. The lowest BCUT2D eigenvalue weighted by molar-refractivity contribution is -0.137. The molecule has 5 nitrogen and oxygen atoms in total. The number of aryl methyl sites for hydroxylation is 1. The molecule has 0 atom stereocenters. The molecule has 0 saturated heterocycles. The summed E-state index contributed by atoms with van der Waals surface area (Å²) in [6.07, 6.45) is 1.58. The van der Waals surface area contributed by atoms with Crippen LogP contribution >= 0.6 is 0 Å². The first-order valence-electron chi connectivity index (χ1n) is 8.05. The third kappa shape index (κ3) is 3.93. The number of carbonyl (C=O) groups excluding carboxylic acids is 1. The van der Waals surface area contributed by atoms with Crippen LogP contribution < -0.4 is 10.2 Å². The first-order valence-corrected chi connectivity index (χ1v) is 8.05. The van der Waals surface area contributed by atoms with Crippen molar-refractivity contribution in [1.82, 2.24) is 0 Å². The molecule has 0 fully saturated rings. The molecule has 0 aliphatic carbocycles. The Morgan fingerprint density at radius 1 is 1.08 bits per heavy atom. The van der Waals surface area contributed by atoms with E-state index in [0.717, 1.165) is 29.9 Å². The van der Waals surface area contributed by atoms with E-state index >= 15 is 0 Å². The van der Waals surface area contributed by atoms with Gasteiger partial charge in [-0.2, -0.15) is 0 Å². The highest BCUT2D eigenvalue weighted by Gasteiger charge is 2.20. The second-order valence-corrected chi connectivity index (χ2v) is 5.94. The van der Waals surface area contributed by atoms with Crippen LogP contribution in [-0.4, -0.2) is 30.1 Å². The highest BCUT2D eigenvalue weighted by atomic mass is 16.4. The summed E-state index contributed by atoms with van der Waals surface area (Å²) >= 11 is 0. The number of hydrogen-bond acceptors (Lipinski definition) is 3. The van der Waals surface area contributed by atoms with Gasteiger partial charge in [0.1, 0.15) is 0 Å². The SMILES string of the molecule is O=C(O)CCc1ccc(NC(=O)CN2CCc3ccccc32)cc1. The molecular formula is C19H20N2O3. The zero-order chi connectivity index (χ0) is 16.9. The number of carbonyl (C=O) groups is 2. The number of amides is 1. The summed E-state index contributed by atoms with van der Waals surface area (Å²) in [7, 11) is 0. The normalized spacial score (nSPS) is 12.8. The topological polar surface area (TPSA) is 69.6 Å². The van der Waals surface area contributed by atoms with Gasteiger partial charge in [0.15, 0.2) is 0 Å². The smallest absolute Gasteiger partial charge is 0.303 e. The van der Waals surface area contributed by atoms with Crippen LogP contribution in [0.1, 0.15) is 17.5 Å². The number of anilines is 2. The van der Waals surface area contributed by atoms with E-state index in [1.165, 1.54) is 5.56 Å². The van der Waals surface area contributed by atoms with Crippen molar-refractivity contribution in [3.63, 3.8) is 0 Å². The molecule has 1 aliphatic heterocycles. The number of carboxylic acid groups (broad SMARTS) is 1. The number of aliphatic carboxylic acids is 1. The number of rotatable bonds is 6. The number of para-hydroxylation sites is 1. The van der Waals surface area contributed by atoms with E-state index in [1.54, 1.807) is 0 Å². The number of benzene rings is 2. The quantitative estimate of drug-likeness (QED) is 0.857. The summed E-state index contributed by atoms with van der Waals surface area (Å²) in [5.41, 5.74) is 4.10. The number of hydrogen-bond donors (Lipinski definition) is 2. The molecule has 2 aromatic rings. The molecule has 0 radical (unpaired) electrons. The maximum Gasteiger partial charge on any atom is 0.303 e. The lowest BCUT2D eigenvalue weighted by atomic mass is 10.1. The Morgan fingerprint density at radius 3 is 2.58 bits per heavy atom. The van der Waals surface area contributed by atoms with Crippen molar-refractivity contribution in [3.8, 4) is 0 Å². The highest BCUT2D eigenvalue weighted by molar-refractivity contribution is 5.94. The predicted molar refractivity (Wildman–Crippen MR) is 93.4 cm³/mol. The van der Waals surface area contributed by atoms with Gasteiger partial charge >= 0.3 is 5.97 Å². The minimum Gasteiger partial charge on any atom is -0.481 e. The lowest BCUT2D eigenvalue weighted by Crippen LogP contribution is -2.31. The van der Waals surface area contributed by atoms with Gasteiger partial charge in [0, 0.05) is 24.3 Å². The maximum atomic E-state index is 12.2. The van der Waals surface area contributed by atoms with Crippen LogP contribution in [-0.2, 0) is 22.4 Å². The van der Waals surface area contributed by atoms with Gasteiger partial charge in [0.2, 0.25) is 5.91 Å². The zero-order valence-electron chi connectivity index (χ0n) is 13.4. The van der Waals surface area contributed by atoms with Crippen LogP contribution in [0.15, 0.2) is 48.5 Å². The lowest BCUT2D eigenvalue weighted by Gasteiger charge is -2.18. The van der Waals surface area contributed by atoms with E-state index in [1.807, 2.05) is 42.5 Å². The van der Waals surface area contributed by atoms with Gasteiger partial charge in [-0.15, -0.1) is 0 Å². The molecule has 0 spiro atoms. The van der Waals surface area contributed by atoms with E-state index in [9.17, 15) is 9.59 Å². The maximum absolute atomic E-state index is 12.2. The Hall–Kier alpha value is -2.82. The van der Waals surface area contributed by atoms with Crippen molar-refractivity contribution < 1.29 is 14.7 Å². The summed E-state index contributed by atoms with van der Waals surface area (Å²) in [4.78, 5) is 24.9. The summed E-state index contributed by atoms with van der Waals surface area (Å²) in [5, 5.41) is 11.6. The Balaban J connectivity index is 1.55. The molecule has 24 heavy (non-hydrogen) atoms. The Labute approximate surface area is 140 Å². The first kappa shape index (κ1) is 16.1. The van der Waals surface area contributed by atoms with Crippen LogP contribution in [0.2, 0.25) is 0 Å². The molecule has 5 heteroatoms. The molecule has 2 aromatic carbocycles. The monoisotopic (exact) mass is 324 g/mol. The molecule has 0 aromatic heterocycles. The minimum atomic E-state index is -0.807. The Kier molecular flexibility index (Phi) is 4.79. The zero-order valence-corrected chi connectivity index (χ0v) is 13.4. The third-order valence-electron chi connectivity index (χ3n) is 4.18. The fourth-order valence-electron chi connectivity index (χ4n) is 2.95. The summed E-state index contributed by atoms with van der Waals surface area (Å²) in [6, 6.07) is 15.5. The van der Waals surface area contributed by atoms with Gasteiger partial charge in [-0.05, 0) is 42.2 Å². The average Bonchev–Trinajstić information content (AvgIpc) is 2.97. The second kappa shape index (κ2) is 7.17. The summed E-state index contributed by atoms with van der Waals surface area (Å²) < 4.78 is 0. The standard InChI is InChI=1S/C19H20N2O3/c22-18(13-21-12-11-15-3-1-2-4-17(15)21)20-16-8-5-14(6-9-16)7-10-19(23)24/h1-6,8-9H,7,10-13H2,(H,20,22)(H,23,24). The molecule has 1 heterocycles. The second-order valence-electron chi connectivity index (χ2n) is 5.94. The van der Waals surface area contributed by atoms with Gasteiger partial charge in [0.25, 0.3) is 0 Å². The Morgan fingerprint density at radius 2 is 1.83 bits per heavy atom. The van der Waals surface area contributed by atoms with Crippen molar-refractivity contribution in [2.75, 3.05) is 23.3 Å². The predicted octanol–water partition coefficient (Wildman–Crippen LogP) is 2.71.